The molecule has 3 aromatic rings. The van der Waals surface area contributed by atoms with Gasteiger partial charge in [0.15, 0.2) is 0 Å². The molecule has 6 heteroatoms. The van der Waals surface area contributed by atoms with Gasteiger partial charge in [0.2, 0.25) is 5.95 Å². The Morgan fingerprint density at radius 2 is 1.58 bits per heavy atom. The largest absolute Gasteiger partial charge is 0.323 e. The molecule has 0 radical (unpaired) electrons. The molecular weight excluding hydrogens is 348 g/mol. The van der Waals surface area contributed by atoms with Gasteiger partial charge in [0, 0.05) is 18.1 Å². The summed E-state index contributed by atoms with van der Waals surface area (Å²) in [6.07, 6.45) is 2.97. The Balaban J connectivity index is 1.73. The van der Waals surface area contributed by atoms with E-state index in [9.17, 15) is 4.79 Å². The fourth-order valence-corrected chi connectivity index (χ4v) is 2.68. The summed E-state index contributed by atoms with van der Waals surface area (Å²) in [5, 5.41) is 6.52. The van der Waals surface area contributed by atoms with Gasteiger partial charge in [-0.3, -0.25) is 4.79 Å². The van der Waals surface area contributed by atoms with E-state index in [1.165, 1.54) is 12.4 Å². The van der Waals surface area contributed by atoms with Crippen molar-refractivity contribution in [3.63, 3.8) is 0 Å². The molecule has 0 unspecified atom stereocenters. The summed E-state index contributed by atoms with van der Waals surface area (Å²) in [7, 11) is 0. The molecule has 1 aromatic heterocycles. The highest BCUT2D eigenvalue weighted by Gasteiger charge is 2.12. The first kappa shape index (κ1) is 17.9. The topological polar surface area (TPSA) is 66.9 Å². The number of carbonyl (C=O) groups excluding carboxylic acids is 1. The molecular formula is C20H19ClN4O. The van der Waals surface area contributed by atoms with Gasteiger partial charge in [0.25, 0.3) is 5.91 Å². The number of carbonyl (C=O) groups is 1. The molecule has 2 aromatic carbocycles. The minimum Gasteiger partial charge on any atom is -0.323 e. The molecule has 26 heavy (non-hydrogen) atoms. The highest BCUT2D eigenvalue weighted by molar-refractivity contribution is 6.33. The van der Waals surface area contributed by atoms with Crippen LogP contribution in [0.3, 0.4) is 0 Å². The maximum Gasteiger partial charge on any atom is 0.258 e. The van der Waals surface area contributed by atoms with E-state index >= 15 is 0 Å². The van der Waals surface area contributed by atoms with Crippen LogP contribution in [0.2, 0.25) is 5.02 Å². The Bertz CT molecular complexity index is 910. The molecule has 3 rings (SSSR count). The molecule has 0 aliphatic carbocycles. The van der Waals surface area contributed by atoms with Crippen LogP contribution in [0, 0.1) is 0 Å². The first-order chi connectivity index (χ1) is 12.5. The van der Waals surface area contributed by atoms with Crippen LogP contribution in [0.1, 0.15) is 35.7 Å². The van der Waals surface area contributed by atoms with Crippen LogP contribution < -0.4 is 10.6 Å². The lowest BCUT2D eigenvalue weighted by Gasteiger charge is -2.13. The molecule has 0 atom stereocenters. The minimum atomic E-state index is -0.248. The zero-order valence-corrected chi connectivity index (χ0v) is 15.3. The Morgan fingerprint density at radius 1 is 0.962 bits per heavy atom. The van der Waals surface area contributed by atoms with Crippen LogP contribution in [0.25, 0.3) is 0 Å². The van der Waals surface area contributed by atoms with Crippen LogP contribution in [-0.2, 0) is 0 Å². The van der Waals surface area contributed by atoms with Crippen LogP contribution >= 0.6 is 11.6 Å². The van der Waals surface area contributed by atoms with Crippen LogP contribution in [0.5, 0.6) is 0 Å². The molecule has 0 saturated heterocycles. The third-order valence-corrected chi connectivity index (χ3v) is 4.19. The van der Waals surface area contributed by atoms with Crippen molar-refractivity contribution in [1.82, 2.24) is 9.97 Å². The van der Waals surface area contributed by atoms with Gasteiger partial charge in [-0.05, 0) is 29.7 Å². The quantitative estimate of drug-likeness (QED) is 0.647. The number of nitrogens with one attached hydrogen (secondary N) is 2. The van der Waals surface area contributed by atoms with Gasteiger partial charge in [0.1, 0.15) is 0 Å². The van der Waals surface area contributed by atoms with E-state index in [1.54, 1.807) is 6.07 Å². The van der Waals surface area contributed by atoms with Crippen LogP contribution in [0.15, 0.2) is 60.9 Å². The summed E-state index contributed by atoms with van der Waals surface area (Å²) in [5.74, 6) is 0.435. The van der Waals surface area contributed by atoms with Crippen molar-refractivity contribution in [3.05, 3.63) is 77.1 Å². The lowest BCUT2D eigenvalue weighted by molar-refractivity contribution is 0.102. The standard InChI is InChI=1S/C20H19ClN4O/c1-13(2)15-7-3-5-9-17(15)24-19(26)14-11-22-20(23-12-14)25-18-10-6-4-8-16(18)21/h3-13H,1-2H3,(H,24,26)(H,22,23,25). The highest BCUT2D eigenvalue weighted by atomic mass is 35.5. The van der Waals surface area contributed by atoms with Gasteiger partial charge in [0.05, 0.1) is 16.3 Å². The van der Waals surface area contributed by atoms with E-state index in [4.69, 9.17) is 11.6 Å². The van der Waals surface area contributed by atoms with Crippen molar-refractivity contribution in [3.8, 4) is 0 Å². The summed E-state index contributed by atoms with van der Waals surface area (Å²) < 4.78 is 0. The molecule has 0 saturated carbocycles. The SMILES string of the molecule is CC(C)c1ccccc1NC(=O)c1cnc(Nc2ccccc2Cl)nc1. The number of hydrogen-bond donors (Lipinski definition) is 2. The average Bonchev–Trinajstić information content (AvgIpc) is 2.64. The zero-order chi connectivity index (χ0) is 18.5. The minimum absolute atomic E-state index is 0.248. The number of benzene rings is 2. The summed E-state index contributed by atoms with van der Waals surface area (Å²) >= 11 is 6.10. The van der Waals surface area contributed by atoms with E-state index in [0.717, 1.165) is 11.3 Å². The predicted octanol–water partition coefficient (Wildman–Crippen LogP) is 5.25. The second kappa shape index (κ2) is 7.97. The Hall–Kier alpha value is -2.92. The van der Waals surface area contributed by atoms with Crippen molar-refractivity contribution in [2.75, 3.05) is 10.6 Å². The van der Waals surface area contributed by atoms with Gasteiger partial charge in [-0.2, -0.15) is 0 Å². The van der Waals surface area contributed by atoms with Gasteiger partial charge in [-0.15, -0.1) is 0 Å². The third-order valence-electron chi connectivity index (χ3n) is 3.87. The van der Waals surface area contributed by atoms with Gasteiger partial charge in [-0.25, -0.2) is 9.97 Å². The molecule has 2 N–H and O–H groups in total. The predicted molar refractivity (Wildman–Crippen MR) is 105 cm³/mol. The van der Waals surface area contributed by atoms with Crippen molar-refractivity contribution in [1.29, 1.82) is 0 Å². The van der Waals surface area contributed by atoms with Crippen molar-refractivity contribution in [2.24, 2.45) is 0 Å². The summed E-state index contributed by atoms with van der Waals surface area (Å²) in [6.45, 7) is 4.17. The molecule has 0 aliphatic rings. The monoisotopic (exact) mass is 366 g/mol. The number of amides is 1. The number of anilines is 3. The molecule has 132 valence electrons. The van der Waals surface area contributed by atoms with Crippen molar-refractivity contribution < 1.29 is 4.79 Å². The highest BCUT2D eigenvalue weighted by Crippen LogP contribution is 2.25. The number of halogens is 1. The number of aromatic nitrogens is 2. The molecule has 0 aliphatic heterocycles. The third kappa shape index (κ3) is 4.18. The van der Waals surface area contributed by atoms with Crippen molar-refractivity contribution in [2.45, 2.75) is 19.8 Å². The van der Waals surface area contributed by atoms with E-state index < -0.39 is 0 Å². The first-order valence-electron chi connectivity index (χ1n) is 8.28. The van der Waals surface area contributed by atoms with E-state index in [2.05, 4.69) is 34.4 Å². The maximum absolute atomic E-state index is 12.5. The normalized spacial score (nSPS) is 10.6. The number of para-hydroxylation sites is 2. The van der Waals surface area contributed by atoms with Gasteiger partial charge < -0.3 is 10.6 Å². The molecule has 0 spiro atoms. The lowest BCUT2D eigenvalue weighted by Crippen LogP contribution is -2.14. The maximum atomic E-state index is 12.5. The second-order valence-electron chi connectivity index (χ2n) is 6.10. The zero-order valence-electron chi connectivity index (χ0n) is 14.5. The average molecular weight is 367 g/mol. The number of rotatable bonds is 5. The molecule has 0 fully saturated rings. The van der Waals surface area contributed by atoms with Crippen molar-refractivity contribution >= 4 is 34.8 Å². The van der Waals surface area contributed by atoms with E-state index in [0.29, 0.717) is 28.1 Å². The number of nitrogens with zero attached hydrogens (tertiary/aromatic N) is 2. The fourth-order valence-electron chi connectivity index (χ4n) is 2.50. The Morgan fingerprint density at radius 3 is 2.23 bits per heavy atom. The summed E-state index contributed by atoms with van der Waals surface area (Å²) in [5.41, 5.74) is 2.97. The molecule has 5 nitrogen and oxygen atoms in total. The second-order valence-corrected chi connectivity index (χ2v) is 6.50. The van der Waals surface area contributed by atoms with E-state index in [1.807, 2.05) is 42.5 Å². The van der Waals surface area contributed by atoms with Crippen LogP contribution in [-0.4, -0.2) is 15.9 Å². The van der Waals surface area contributed by atoms with E-state index in [-0.39, 0.29) is 5.91 Å². The Labute approximate surface area is 157 Å². The lowest BCUT2D eigenvalue weighted by atomic mass is 10.0. The fraction of sp³-hybridized carbons (Fsp3) is 0.150. The number of hydrogen-bond acceptors (Lipinski definition) is 4. The van der Waals surface area contributed by atoms with Gasteiger partial charge >= 0.3 is 0 Å². The van der Waals surface area contributed by atoms with Gasteiger partial charge in [-0.1, -0.05) is 55.8 Å². The summed E-state index contributed by atoms with van der Waals surface area (Å²) in [6, 6.07) is 15.1. The molecule has 1 heterocycles. The molecule has 1 amide bonds. The first-order valence-corrected chi connectivity index (χ1v) is 8.66. The smallest absolute Gasteiger partial charge is 0.258 e. The van der Waals surface area contributed by atoms with Crippen LogP contribution in [0.4, 0.5) is 17.3 Å². The molecule has 0 bridgehead atoms. The summed E-state index contributed by atoms with van der Waals surface area (Å²) in [4.78, 5) is 20.9. The Kier molecular flexibility index (Phi) is 5.49.